The molecule has 3 heteroatoms. The number of hydrogen-bond donors (Lipinski definition) is 1. The molecule has 0 saturated carbocycles. The van der Waals surface area contributed by atoms with Gasteiger partial charge < -0.3 is 5.32 Å². The van der Waals surface area contributed by atoms with Gasteiger partial charge in [0.1, 0.15) is 0 Å². The van der Waals surface area contributed by atoms with Gasteiger partial charge in [-0.3, -0.25) is 4.68 Å². The van der Waals surface area contributed by atoms with Crippen LogP contribution in [0.3, 0.4) is 0 Å². The highest BCUT2D eigenvalue weighted by Crippen LogP contribution is 2.07. The first kappa shape index (κ1) is 11.2. The average Bonchev–Trinajstić information content (AvgIpc) is 2.59. The van der Waals surface area contributed by atoms with E-state index in [9.17, 15) is 0 Å². The first-order chi connectivity index (χ1) is 6.77. The number of nitrogens with zero attached hydrogens (tertiary/aromatic N) is 2. The third-order valence-electron chi connectivity index (χ3n) is 2.81. The summed E-state index contributed by atoms with van der Waals surface area (Å²) in [7, 11) is 4.04. The molecule has 1 aromatic rings. The zero-order valence-corrected chi connectivity index (χ0v) is 9.45. The van der Waals surface area contributed by atoms with Crippen LogP contribution in [-0.4, -0.2) is 22.9 Å². The van der Waals surface area contributed by atoms with E-state index in [1.165, 1.54) is 25.0 Å². The van der Waals surface area contributed by atoms with Crippen LogP contribution in [0.1, 0.15) is 31.9 Å². The van der Waals surface area contributed by atoms with Gasteiger partial charge in [-0.05, 0) is 38.8 Å². The summed E-state index contributed by atoms with van der Waals surface area (Å²) in [5, 5.41) is 7.48. The molecule has 0 amide bonds. The van der Waals surface area contributed by atoms with Gasteiger partial charge in [-0.1, -0.05) is 6.92 Å². The number of nitrogens with one attached hydrogen (secondary N) is 1. The Hall–Kier alpha value is -0.830. The Kier molecular flexibility index (Phi) is 4.66. The minimum atomic E-state index is 0.670. The van der Waals surface area contributed by atoms with E-state index in [4.69, 9.17) is 0 Å². The van der Waals surface area contributed by atoms with E-state index in [1.54, 1.807) is 0 Å². The van der Waals surface area contributed by atoms with Crippen LogP contribution >= 0.6 is 0 Å². The van der Waals surface area contributed by atoms with Crippen LogP contribution in [-0.2, 0) is 13.5 Å². The molecule has 1 N–H and O–H groups in total. The Morgan fingerprint density at radius 1 is 1.57 bits per heavy atom. The van der Waals surface area contributed by atoms with E-state index in [0.29, 0.717) is 6.04 Å². The van der Waals surface area contributed by atoms with Gasteiger partial charge in [-0.25, -0.2) is 0 Å². The van der Waals surface area contributed by atoms with Gasteiger partial charge in [0.2, 0.25) is 0 Å². The van der Waals surface area contributed by atoms with Gasteiger partial charge in [0.05, 0.1) is 0 Å². The Balaban J connectivity index is 2.24. The third-order valence-corrected chi connectivity index (χ3v) is 2.81. The van der Waals surface area contributed by atoms with Crippen LogP contribution < -0.4 is 5.32 Å². The summed E-state index contributed by atoms with van der Waals surface area (Å²) in [6, 6.07) is 2.77. The van der Waals surface area contributed by atoms with Crippen molar-refractivity contribution in [3.8, 4) is 0 Å². The van der Waals surface area contributed by atoms with Gasteiger partial charge in [-0.2, -0.15) is 5.10 Å². The molecule has 1 aromatic heterocycles. The van der Waals surface area contributed by atoms with Crippen molar-refractivity contribution in [2.45, 2.75) is 38.6 Å². The minimum Gasteiger partial charge on any atom is -0.317 e. The van der Waals surface area contributed by atoms with Gasteiger partial charge in [0.25, 0.3) is 0 Å². The highest BCUT2D eigenvalue weighted by Gasteiger charge is 2.03. The quantitative estimate of drug-likeness (QED) is 0.749. The SMILES string of the molecule is CCC(CCCc1ccnn1C)NC. The highest BCUT2D eigenvalue weighted by atomic mass is 15.2. The Morgan fingerprint density at radius 3 is 2.86 bits per heavy atom. The summed E-state index contributed by atoms with van der Waals surface area (Å²) in [5.41, 5.74) is 1.33. The number of aryl methyl sites for hydroxylation is 2. The second-order valence-electron chi connectivity index (χ2n) is 3.73. The zero-order chi connectivity index (χ0) is 10.4. The van der Waals surface area contributed by atoms with E-state index < -0.39 is 0 Å². The lowest BCUT2D eigenvalue weighted by Crippen LogP contribution is -2.24. The van der Waals surface area contributed by atoms with E-state index >= 15 is 0 Å². The van der Waals surface area contributed by atoms with Crippen LogP contribution in [0.4, 0.5) is 0 Å². The van der Waals surface area contributed by atoms with Crippen molar-refractivity contribution in [3.05, 3.63) is 18.0 Å². The predicted molar refractivity (Wildman–Crippen MR) is 59.3 cm³/mol. The molecule has 0 aliphatic carbocycles. The van der Waals surface area contributed by atoms with Crippen molar-refractivity contribution in [3.63, 3.8) is 0 Å². The van der Waals surface area contributed by atoms with Gasteiger partial charge in [0.15, 0.2) is 0 Å². The van der Waals surface area contributed by atoms with Crippen molar-refractivity contribution in [2.24, 2.45) is 7.05 Å². The third kappa shape index (κ3) is 3.14. The Morgan fingerprint density at radius 2 is 2.36 bits per heavy atom. The standard InChI is InChI=1S/C11H21N3/c1-4-10(12-2)6-5-7-11-8-9-13-14(11)3/h8-10,12H,4-7H2,1-3H3. The summed E-state index contributed by atoms with van der Waals surface area (Å²) in [5.74, 6) is 0. The van der Waals surface area contributed by atoms with E-state index in [1.807, 2.05) is 25.0 Å². The monoisotopic (exact) mass is 195 g/mol. The van der Waals surface area contributed by atoms with Crippen molar-refractivity contribution in [1.82, 2.24) is 15.1 Å². The lowest BCUT2D eigenvalue weighted by molar-refractivity contribution is 0.487. The van der Waals surface area contributed by atoms with Crippen LogP contribution in [0.15, 0.2) is 12.3 Å². The maximum Gasteiger partial charge on any atom is 0.0492 e. The first-order valence-electron chi connectivity index (χ1n) is 5.42. The molecule has 1 heterocycles. The van der Waals surface area contributed by atoms with E-state index in [2.05, 4.69) is 23.4 Å². The average molecular weight is 195 g/mol. The summed E-state index contributed by atoms with van der Waals surface area (Å²) in [6.07, 6.45) is 6.69. The van der Waals surface area contributed by atoms with E-state index in [-0.39, 0.29) is 0 Å². The van der Waals surface area contributed by atoms with Crippen LogP contribution in [0.5, 0.6) is 0 Å². The molecular formula is C11H21N3. The summed E-state index contributed by atoms with van der Waals surface area (Å²) < 4.78 is 1.96. The predicted octanol–water partition coefficient (Wildman–Crippen LogP) is 1.74. The molecule has 0 fully saturated rings. The fourth-order valence-electron chi connectivity index (χ4n) is 1.73. The molecule has 1 unspecified atom stereocenters. The molecule has 3 nitrogen and oxygen atoms in total. The van der Waals surface area contributed by atoms with Crippen molar-refractivity contribution >= 4 is 0 Å². The van der Waals surface area contributed by atoms with Crippen LogP contribution in [0.25, 0.3) is 0 Å². The first-order valence-corrected chi connectivity index (χ1v) is 5.42. The minimum absolute atomic E-state index is 0.670. The molecule has 0 aromatic carbocycles. The summed E-state index contributed by atoms with van der Waals surface area (Å²) >= 11 is 0. The maximum absolute atomic E-state index is 4.16. The maximum atomic E-state index is 4.16. The number of aromatic nitrogens is 2. The lowest BCUT2D eigenvalue weighted by atomic mass is 10.1. The summed E-state index contributed by atoms with van der Waals surface area (Å²) in [4.78, 5) is 0. The molecule has 0 spiro atoms. The van der Waals surface area contributed by atoms with Crippen LogP contribution in [0.2, 0.25) is 0 Å². The molecule has 1 atom stereocenters. The number of hydrogen-bond acceptors (Lipinski definition) is 2. The molecular weight excluding hydrogens is 174 g/mol. The van der Waals surface area contributed by atoms with Crippen molar-refractivity contribution in [1.29, 1.82) is 0 Å². The molecule has 14 heavy (non-hydrogen) atoms. The Bertz CT molecular complexity index is 251. The van der Waals surface area contributed by atoms with Gasteiger partial charge >= 0.3 is 0 Å². The topological polar surface area (TPSA) is 29.9 Å². The molecule has 0 saturated heterocycles. The van der Waals surface area contributed by atoms with Gasteiger partial charge in [-0.15, -0.1) is 0 Å². The van der Waals surface area contributed by atoms with Gasteiger partial charge in [0, 0.05) is 25.0 Å². The summed E-state index contributed by atoms with van der Waals surface area (Å²) in [6.45, 7) is 2.23. The highest BCUT2D eigenvalue weighted by molar-refractivity contribution is 4.99. The molecule has 1 rings (SSSR count). The van der Waals surface area contributed by atoms with Crippen molar-refractivity contribution in [2.75, 3.05) is 7.05 Å². The zero-order valence-electron chi connectivity index (χ0n) is 9.45. The second kappa shape index (κ2) is 5.81. The smallest absolute Gasteiger partial charge is 0.0492 e. The Labute approximate surface area is 86.5 Å². The lowest BCUT2D eigenvalue weighted by Gasteiger charge is -2.12. The van der Waals surface area contributed by atoms with Crippen LogP contribution in [0, 0.1) is 0 Å². The molecule has 0 radical (unpaired) electrons. The second-order valence-corrected chi connectivity index (χ2v) is 3.73. The van der Waals surface area contributed by atoms with E-state index in [0.717, 1.165) is 6.42 Å². The fourth-order valence-corrected chi connectivity index (χ4v) is 1.73. The van der Waals surface area contributed by atoms with Crippen molar-refractivity contribution < 1.29 is 0 Å². The molecule has 0 aliphatic rings. The molecule has 0 bridgehead atoms. The fraction of sp³-hybridized carbons (Fsp3) is 0.727. The number of rotatable bonds is 6. The normalized spacial score (nSPS) is 13.1. The molecule has 0 aliphatic heterocycles. The largest absolute Gasteiger partial charge is 0.317 e. The molecule has 80 valence electrons.